The van der Waals surface area contributed by atoms with Gasteiger partial charge in [-0.1, -0.05) is 19.9 Å². The SMILES string of the molecule is CCCN(CCC)C(=O)CCNc1ccc(C)cc1Br. The second-order valence-electron chi connectivity index (χ2n) is 5.04. The molecule has 112 valence electrons. The van der Waals surface area contributed by atoms with Gasteiger partial charge in [-0.05, 0) is 53.4 Å². The van der Waals surface area contributed by atoms with Crippen LogP contribution in [0.2, 0.25) is 0 Å². The Kier molecular flexibility index (Phi) is 7.67. The van der Waals surface area contributed by atoms with Crippen molar-refractivity contribution in [1.29, 1.82) is 0 Å². The standard InChI is InChI=1S/C16H25BrN2O/c1-4-10-19(11-5-2)16(20)8-9-18-15-7-6-13(3)12-14(15)17/h6-7,12,18H,4-5,8-11H2,1-3H3. The fourth-order valence-corrected chi connectivity index (χ4v) is 2.76. The number of carbonyl (C=O) groups excluding carboxylic acids is 1. The van der Waals surface area contributed by atoms with Gasteiger partial charge in [0.05, 0.1) is 0 Å². The molecule has 1 rings (SSSR count). The van der Waals surface area contributed by atoms with Crippen molar-refractivity contribution in [2.45, 2.75) is 40.0 Å². The first-order valence-electron chi connectivity index (χ1n) is 7.36. The third kappa shape index (κ3) is 5.53. The quantitative estimate of drug-likeness (QED) is 0.768. The largest absolute Gasteiger partial charge is 0.384 e. The van der Waals surface area contributed by atoms with E-state index in [0.29, 0.717) is 13.0 Å². The maximum absolute atomic E-state index is 12.1. The van der Waals surface area contributed by atoms with Crippen LogP contribution in [0.25, 0.3) is 0 Å². The van der Waals surface area contributed by atoms with Crippen LogP contribution in [0.1, 0.15) is 38.7 Å². The van der Waals surface area contributed by atoms with E-state index < -0.39 is 0 Å². The summed E-state index contributed by atoms with van der Waals surface area (Å²) in [6, 6.07) is 6.18. The van der Waals surface area contributed by atoms with Crippen molar-refractivity contribution >= 4 is 27.5 Å². The number of amides is 1. The summed E-state index contributed by atoms with van der Waals surface area (Å²) in [5.41, 5.74) is 2.26. The Morgan fingerprint density at radius 2 is 1.90 bits per heavy atom. The van der Waals surface area contributed by atoms with Crippen molar-refractivity contribution in [2.24, 2.45) is 0 Å². The van der Waals surface area contributed by atoms with Crippen LogP contribution in [-0.4, -0.2) is 30.4 Å². The fraction of sp³-hybridized carbons (Fsp3) is 0.562. The highest BCUT2D eigenvalue weighted by molar-refractivity contribution is 9.10. The molecule has 0 spiro atoms. The Bertz CT molecular complexity index is 428. The third-order valence-corrected chi connectivity index (χ3v) is 3.77. The van der Waals surface area contributed by atoms with E-state index in [1.807, 2.05) is 11.0 Å². The van der Waals surface area contributed by atoms with Crippen LogP contribution < -0.4 is 5.32 Å². The van der Waals surface area contributed by atoms with Crippen LogP contribution >= 0.6 is 15.9 Å². The van der Waals surface area contributed by atoms with Gasteiger partial charge in [0.1, 0.15) is 0 Å². The molecule has 0 saturated carbocycles. The topological polar surface area (TPSA) is 32.3 Å². The predicted molar refractivity (Wildman–Crippen MR) is 89.1 cm³/mol. The molecular formula is C16H25BrN2O. The molecule has 1 aromatic carbocycles. The number of benzene rings is 1. The Morgan fingerprint density at radius 3 is 2.45 bits per heavy atom. The van der Waals surface area contributed by atoms with Crippen LogP contribution in [0.4, 0.5) is 5.69 Å². The second-order valence-corrected chi connectivity index (χ2v) is 5.90. The van der Waals surface area contributed by atoms with Gasteiger partial charge in [-0.15, -0.1) is 0 Å². The number of aryl methyl sites for hydroxylation is 1. The summed E-state index contributed by atoms with van der Waals surface area (Å²) in [7, 11) is 0. The summed E-state index contributed by atoms with van der Waals surface area (Å²) in [5, 5.41) is 3.32. The number of carbonyl (C=O) groups is 1. The van der Waals surface area contributed by atoms with E-state index in [2.05, 4.69) is 54.2 Å². The molecule has 1 aromatic rings. The molecular weight excluding hydrogens is 316 g/mol. The van der Waals surface area contributed by atoms with Gasteiger partial charge >= 0.3 is 0 Å². The van der Waals surface area contributed by atoms with Gasteiger partial charge in [-0.25, -0.2) is 0 Å². The molecule has 0 aliphatic heterocycles. The molecule has 0 aliphatic carbocycles. The number of anilines is 1. The lowest BCUT2D eigenvalue weighted by atomic mass is 10.2. The number of nitrogens with one attached hydrogen (secondary N) is 1. The molecule has 0 unspecified atom stereocenters. The molecule has 4 heteroatoms. The van der Waals surface area contributed by atoms with Crippen molar-refractivity contribution < 1.29 is 4.79 Å². The second kappa shape index (κ2) is 9.01. The third-order valence-electron chi connectivity index (χ3n) is 3.12. The van der Waals surface area contributed by atoms with Crippen molar-refractivity contribution in [3.63, 3.8) is 0 Å². The lowest BCUT2D eigenvalue weighted by Gasteiger charge is -2.21. The number of hydrogen-bond donors (Lipinski definition) is 1. The zero-order valence-corrected chi connectivity index (χ0v) is 14.3. The Balaban J connectivity index is 2.44. The van der Waals surface area contributed by atoms with Gasteiger partial charge in [-0.2, -0.15) is 0 Å². The molecule has 0 heterocycles. The molecule has 0 radical (unpaired) electrons. The molecule has 1 N–H and O–H groups in total. The van der Waals surface area contributed by atoms with Crippen LogP contribution in [-0.2, 0) is 4.79 Å². The van der Waals surface area contributed by atoms with Crippen LogP contribution in [0.15, 0.2) is 22.7 Å². The maximum Gasteiger partial charge on any atom is 0.224 e. The molecule has 0 saturated heterocycles. The van der Waals surface area contributed by atoms with Gasteiger partial charge in [0.15, 0.2) is 0 Å². The number of hydrogen-bond acceptors (Lipinski definition) is 2. The fourth-order valence-electron chi connectivity index (χ4n) is 2.13. The average molecular weight is 341 g/mol. The minimum atomic E-state index is 0.240. The minimum Gasteiger partial charge on any atom is -0.384 e. The molecule has 0 fully saturated rings. The monoisotopic (exact) mass is 340 g/mol. The number of rotatable bonds is 8. The highest BCUT2D eigenvalue weighted by Gasteiger charge is 2.11. The maximum atomic E-state index is 12.1. The number of nitrogens with zero attached hydrogens (tertiary/aromatic N) is 1. The van der Waals surface area contributed by atoms with E-state index in [0.717, 1.165) is 36.1 Å². The summed E-state index contributed by atoms with van der Waals surface area (Å²) < 4.78 is 1.05. The van der Waals surface area contributed by atoms with E-state index in [1.165, 1.54) is 5.56 Å². The van der Waals surface area contributed by atoms with Crippen molar-refractivity contribution in [1.82, 2.24) is 4.90 Å². The van der Waals surface area contributed by atoms with Crippen LogP contribution in [0.5, 0.6) is 0 Å². The summed E-state index contributed by atoms with van der Waals surface area (Å²) in [4.78, 5) is 14.1. The highest BCUT2D eigenvalue weighted by atomic mass is 79.9. The van der Waals surface area contributed by atoms with Gasteiger partial charge in [0, 0.05) is 36.2 Å². The number of halogens is 1. The summed E-state index contributed by atoms with van der Waals surface area (Å²) in [6.07, 6.45) is 2.58. The molecule has 0 aromatic heterocycles. The first-order chi connectivity index (χ1) is 9.58. The van der Waals surface area contributed by atoms with E-state index in [4.69, 9.17) is 0 Å². The van der Waals surface area contributed by atoms with Gasteiger partial charge in [-0.3, -0.25) is 4.79 Å². The molecule has 1 amide bonds. The lowest BCUT2D eigenvalue weighted by molar-refractivity contribution is -0.131. The van der Waals surface area contributed by atoms with Gasteiger partial charge in [0.2, 0.25) is 5.91 Å². The minimum absolute atomic E-state index is 0.240. The van der Waals surface area contributed by atoms with Gasteiger partial charge in [0.25, 0.3) is 0 Å². The van der Waals surface area contributed by atoms with Crippen LogP contribution in [0.3, 0.4) is 0 Å². The predicted octanol–water partition coefficient (Wildman–Crippen LogP) is 4.21. The Labute approximate surface area is 130 Å². The smallest absolute Gasteiger partial charge is 0.224 e. The summed E-state index contributed by atoms with van der Waals surface area (Å²) >= 11 is 3.54. The zero-order chi connectivity index (χ0) is 15.0. The summed E-state index contributed by atoms with van der Waals surface area (Å²) in [6.45, 7) is 8.67. The van der Waals surface area contributed by atoms with E-state index >= 15 is 0 Å². The molecule has 0 aliphatic rings. The first kappa shape index (κ1) is 17.0. The van der Waals surface area contributed by atoms with Crippen molar-refractivity contribution in [2.75, 3.05) is 25.0 Å². The molecule has 20 heavy (non-hydrogen) atoms. The molecule has 0 atom stereocenters. The Morgan fingerprint density at radius 1 is 1.25 bits per heavy atom. The average Bonchev–Trinajstić information content (AvgIpc) is 2.41. The van der Waals surface area contributed by atoms with Crippen molar-refractivity contribution in [3.8, 4) is 0 Å². The summed E-state index contributed by atoms with van der Waals surface area (Å²) in [5.74, 6) is 0.240. The van der Waals surface area contributed by atoms with Crippen LogP contribution in [0, 0.1) is 6.92 Å². The lowest BCUT2D eigenvalue weighted by Crippen LogP contribution is -2.33. The Hall–Kier alpha value is -1.03. The zero-order valence-electron chi connectivity index (χ0n) is 12.7. The molecule has 0 bridgehead atoms. The molecule has 3 nitrogen and oxygen atoms in total. The first-order valence-corrected chi connectivity index (χ1v) is 8.15. The normalized spacial score (nSPS) is 10.4. The van der Waals surface area contributed by atoms with Crippen molar-refractivity contribution in [3.05, 3.63) is 28.2 Å². The van der Waals surface area contributed by atoms with E-state index in [9.17, 15) is 4.79 Å². The highest BCUT2D eigenvalue weighted by Crippen LogP contribution is 2.23. The van der Waals surface area contributed by atoms with E-state index in [1.54, 1.807) is 0 Å². The van der Waals surface area contributed by atoms with E-state index in [-0.39, 0.29) is 5.91 Å². The van der Waals surface area contributed by atoms with Gasteiger partial charge < -0.3 is 10.2 Å².